The van der Waals surface area contributed by atoms with E-state index in [0.717, 1.165) is 10.6 Å². The number of aromatic nitrogens is 2. The average molecular weight is 306 g/mol. The Hall–Kier alpha value is -2.02. The molecule has 0 spiro atoms. The Morgan fingerprint density at radius 2 is 2.24 bits per heavy atom. The van der Waals surface area contributed by atoms with Crippen LogP contribution in [0.25, 0.3) is 0 Å². The Kier molecular flexibility index (Phi) is 4.52. The molecule has 0 saturated carbocycles. The summed E-state index contributed by atoms with van der Waals surface area (Å²) in [5, 5.41) is 6.63. The number of pyridine rings is 1. The van der Waals surface area contributed by atoms with E-state index in [-0.39, 0.29) is 17.1 Å². The number of hydrogen-bond donors (Lipinski definition) is 2. The zero-order chi connectivity index (χ0) is 15.5. The molecule has 0 saturated heterocycles. The molecule has 0 fully saturated rings. The zero-order valence-electron chi connectivity index (χ0n) is 12.2. The highest BCUT2D eigenvalue weighted by Crippen LogP contribution is 2.25. The fraction of sp³-hybridized carbons (Fsp3) is 0.357. The lowest BCUT2D eigenvalue weighted by Crippen LogP contribution is -2.14. The number of hydrogen-bond acceptors (Lipinski definition) is 6. The van der Waals surface area contributed by atoms with Crippen LogP contribution in [0.2, 0.25) is 0 Å². The first-order chi connectivity index (χ1) is 9.86. The van der Waals surface area contributed by atoms with Crippen LogP contribution in [0.15, 0.2) is 33.9 Å². The van der Waals surface area contributed by atoms with Crippen LogP contribution in [0.5, 0.6) is 0 Å². The first-order valence-corrected chi connectivity index (χ1v) is 7.44. The van der Waals surface area contributed by atoms with E-state index in [1.165, 1.54) is 11.8 Å². The van der Waals surface area contributed by atoms with Gasteiger partial charge in [-0.15, -0.1) is 11.8 Å². The quantitative estimate of drug-likeness (QED) is 0.843. The Bertz CT molecular complexity index is 634. The molecule has 0 radical (unpaired) electrons. The van der Waals surface area contributed by atoms with Crippen LogP contribution in [0.4, 0.5) is 11.6 Å². The number of nitrogens with zero attached hydrogens (tertiary/aromatic N) is 2. The predicted molar refractivity (Wildman–Crippen MR) is 83.2 cm³/mol. The van der Waals surface area contributed by atoms with Gasteiger partial charge in [0.25, 0.3) is 0 Å². The summed E-state index contributed by atoms with van der Waals surface area (Å²) >= 11 is 1.35. The Balaban J connectivity index is 1.90. The maximum absolute atomic E-state index is 11.9. The molecular weight excluding hydrogens is 288 g/mol. The van der Waals surface area contributed by atoms with Crippen LogP contribution in [-0.4, -0.2) is 21.8 Å². The number of nitrogens with one attached hydrogen (secondary N) is 1. The van der Waals surface area contributed by atoms with Crippen molar-refractivity contribution < 1.29 is 9.32 Å². The van der Waals surface area contributed by atoms with Crippen molar-refractivity contribution in [1.29, 1.82) is 0 Å². The number of rotatable bonds is 4. The molecule has 7 heteroatoms. The molecule has 2 rings (SSSR count). The van der Waals surface area contributed by atoms with E-state index < -0.39 is 0 Å². The van der Waals surface area contributed by atoms with Crippen LogP contribution in [0, 0.1) is 0 Å². The van der Waals surface area contributed by atoms with Crippen LogP contribution >= 0.6 is 11.8 Å². The normalized spacial score (nSPS) is 11.4. The predicted octanol–water partition coefficient (Wildman–Crippen LogP) is 2.68. The fourth-order valence-corrected chi connectivity index (χ4v) is 2.26. The van der Waals surface area contributed by atoms with Gasteiger partial charge in [0, 0.05) is 22.6 Å². The molecule has 21 heavy (non-hydrogen) atoms. The van der Waals surface area contributed by atoms with Gasteiger partial charge in [0.2, 0.25) is 11.8 Å². The third-order valence-electron chi connectivity index (χ3n) is 2.71. The van der Waals surface area contributed by atoms with Gasteiger partial charge in [-0.2, -0.15) is 0 Å². The van der Waals surface area contributed by atoms with Gasteiger partial charge in [-0.3, -0.25) is 15.1 Å². The SMILES string of the molecule is CC(C)(C)c1cc(NC(=O)CSc2ccncc2N)on1. The summed E-state index contributed by atoms with van der Waals surface area (Å²) in [6.07, 6.45) is 3.20. The third-order valence-corrected chi connectivity index (χ3v) is 3.80. The van der Waals surface area contributed by atoms with Crippen LogP contribution in [-0.2, 0) is 10.2 Å². The lowest BCUT2D eigenvalue weighted by Gasteiger charge is -2.12. The van der Waals surface area contributed by atoms with Crippen molar-refractivity contribution in [2.45, 2.75) is 31.1 Å². The third kappa shape index (κ3) is 4.22. The van der Waals surface area contributed by atoms with Crippen molar-refractivity contribution in [2.24, 2.45) is 0 Å². The van der Waals surface area contributed by atoms with Crippen LogP contribution in [0.3, 0.4) is 0 Å². The van der Waals surface area contributed by atoms with Gasteiger partial charge in [-0.25, -0.2) is 0 Å². The molecule has 0 bridgehead atoms. The Morgan fingerprint density at radius 3 is 2.86 bits per heavy atom. The number of amides is 1. The smallest absolute Gasteiger partial charge is 0.237 e. The second kappa shape index (κ2) is 6.17. The van der Waals surface area contributed by atoms with Crippen molar-refractivity contribution in [2.75, 3.05) is 16.8 Å². The summed E-state index contributed by atoms with van der Waals surface area (Å²) in [5.74, 6) is 0.417. The minimum atomic E-state index is -0.173. The van der Waals surface area contributed by atoms with Gasteiger partial charge in [-0.1, -0.05) is 25.9 Å². The van der Waals surface area contributed by atoms with E-state index in [0.29, 0.717) is 11.6 Å². The molecule has 0 atom stereocenters. The second-order valence-corrected chi connectivity index (χ2v) is 6.59. The molecule has 2 aromatic rings. The minimum absolute atomic E-state index is 0.118. The van der Waals surface area contributed by atoms with Crippen molar-refractivity contribution in [1.82, 2.24) is 10.1 Å². The van der Waals surface area contributed by atoms with Crippen LogP contribution < -0.4 is 11.1 Å². The average Bonchev–Trinajstić information content (AvgIpc) is 2.86. The molecule has 6 nitrogen and oxygen atoms in total. The van der Waals surface area contributed by atoms with E-state index in [1.807, 2.05) is 20.8 Å². The number of nitrogens with two attached hydrogens (primary N) is 1. The lowest BCUT2D eigenvalue weighted by atomic mass is 9.92. The number of carbonyl (C=O) groups excluding carboxylic acids is 1. The molecule has 0 aliphatic rings. The lowest BCUT2D eigenvalue weighted by molar-refractivity contribution is -0.113. The summed E-state index contributed by atoms with van der Waals surface area (Å²) in [6.45, 7) is 6.08. The van der Waals surface area contributed by atoms with Crippen molar-refractivity contribution in [3.8, 4) is 0 Å². The van der Waals surface area contributed by atoms with Crippen molar-refractivity contribution in [3.63, 3.8) is 0 Å². The molecule has 0 unspecified atom stereocenters. The second-order valence-electron chi connectivity index (χ2n) is 5.58. The first-order valence-electron chi connectivity index (χ1n) is 6.45. The molecule has 0 aliphatic carbocycles. The Labute approximate surface area is 127 Å². The molecule has 2 heterocycles. The number of thioether (sulfide) groups is 1. The van der Waals surface area contributed by atoms with Gasteiger partial charge < -0.3 is 10.3 Å². The van der Waals surface area contributed by atoms with Crippen LogP contribution in [0.1, 0.15) is 26.5 Å². The standard InChI is InChI=1S/C14H18N4O2S/c1-14(2,3)11-6-13(20-18-11)17-12(19)8-21-10-4-5-16-7-9(10)15/h4-7H,8,15H2,1-3H3,(H,17,19). The number of carbonyl (C=O) groups is 1. The maximum atomic E-state index is 11.9. The summed E-state index contributed by atoms with van der Waals surface area (Å²) in [4.78, 5) is 16.6. The van der Waals surface area contributed by atoms with E-state index in [2.05, 4.69) is 15.5 Å². The molecule has 112 valence electrons. The van der Waals surface area contributed by atoms with E-state index in [4.69, 9.17) is 10.3 Å². The molecular formula is C14H18N4O2S. The number of nitrogen functional groups attached to an aromatic ring is 1. The maximum Gasteiger partial charge on any atom is 0.237 e. The largest absolute Gasteiger partial charge is 0.397 e. The van der Waals surface area contributed by atoms with Gasteiger partial charge >= 0.3 is 0 Å². The molecule has 3 N–H and O–H groups in total. The van der Waals surface area contributed by atoms with Gasteiger partial charge in [-0.05, 0) is 6.07 Å². The summed E-state index contributed by atoms with van der Waals surface area (Å²) in [6, 6.07) is 3.52. The number of anilines is 2. The summed E-state index contributed by atoms with van der Waals surface area (Å²) < 4.78 is 5.11. The van der Waals surface area contributed by atoms with Gasteiger partial charge in [0.1, 0.15) is 0 Å². The zero-order valence-corrected chi connectivity index (χ0v) is 13.0. The summed E-state index contributed by atoms with van der Waals surface area (Å²) in [5.41, 5.74) is 7.00. The van der Waals surface area contributed by atoms with E-state index in [1.54, 1.807) is 24.5 Å². The first kappa shape index (κ1) is 15.4. The topological polar surface area (TPSA) is 94.0 Å². The van der Waals surface area contributed by atoms with E-state index >= 15 is 0 Å². The Morgan fingerprint density at radius 1 is 1.48 bits per heavy atom. The van der Waals surface area contributed by atoms with Gasteiger partial charge in [0.15, 0.2) is 0 Å². The summed E-state index contributed by atoms with van der Waals surface area (Å²) in [7, 11) is 0. The van der Waals surface area contributed by atoms with Gasteiger partial charge in [0.05, 0.1) is 23.3 Å². The molecule has 2 aromatic heterocycles. The highest BCUT2D eigenvalue weighted by atomic mass is 32.2. The highest BCUT2D eigenvalue weighted by Gasteiger charge is 2.19. The van der Waals surface area contributed by atoms with Crippen molar-refractivity contribution in [3.05, 3.63) is 30.2 Å². The van der Waals surface area contributed by atoms with E-state index in [9.17, 15) is 4.79 Å². The fourth-order valence-electron chi connectivity index (χ4n) is 1.53. The molecule has 0 aliphatic heterocycles. The van der Waals surface area contributed by atoms with Crippen molar-refractivity contribution >= 4 is 29.2 Å². The monoisotopic (exact) mass is 306 g/mol. The molecule has 1 amide bonds. The highest BCUT2D eigenvalue weighted by molar-refractivity contribution is 8.00. The minimum Gasteiger partial charge on any atom is -0.397 e. The molecule has 0 aromatic carbocycles.